The predicted octanol–water partition coefficient (Wildman–Crippen LogP) is 1.99. The van der Waals surface area contributed by atoms with Crippen LogP contribution in [0.5, 0.6) is 5.75 Å². The molecule has 1 heterocycles. The summed E-state index contributed by atoms with van der Waals surface area (Å²) >= 11 is 0. The summed E-state index contributed by atoms with van der Waals surface area (Å²) in [6, 6.07) is 11.8. The van der Waals surface area contributed by atoms with Gasteiger partial charge in [0.2, 0.25) is 0 Å². The third-order valence-electron chi connectivity index (χ3n) is 4.20. The molecule has 0 bridgehead atoms. The summed E-state index contributed by atoms with van der Waals surface area (Å²) in [4.78, 5) is 49.8. The fourth-order valence-electron chi connectivity index (χ4n) is 3.03. The minimum absolute atomic E-state index is 0.0350. The Bertz CT molecular complexity index is 901. The summed E-state index contributed by atoms with van der Waals surface area (Å²) in [6.07, 6.45) is 0.0350. The number of esters is 2. The van der Waals surface area contributed by atoms with Crippen molar-refractivity contribution in [3.05, 3.63) is 65.2 Å². The Labute approximate surface area is 155 Å². The molecule has 0 aromatic heterocycles. The fraction of sp³-hybridized carbons (Fsp3) is 0.200. The van der Waals surface area contributed by atoms with Crippen molar-refractivity contribution in [3.63, 3.8) is 0 Å². The molecule has 0 spiro atoms. The molecule has 0 N–H and O–H groups in total. The number of carbonyl (C=O) groups is 4. The quantitative estimate of drug-likeness (QED) is 0.456. The van der Waals surface area contributed by atoms with Gasteiger partial charge in [0.1, 0.15) is 11.8 Å². The summed E-state index contributed by atoms with van der Waals surface area (Å²) in [5.74, 6) is -1.95. The van der Waals surface area contributed by atoms with E-state index in [9.17, 15) is 19.2 Å². The molecule has 2 aromatic rings. The highest BCUT2D eigenvalue weighted by atomic mass is 16.5. The molecule has 2 aromatic carbocycles. The van der Waals surface area contributed by atoms with Gasteiger partial charge in [-0.25, -0.2) is 4.79 Å². The maximum atomic E-state index is 12.7. The number of rotatable bonds is 5. The second-order valence-electron chi connectivity index (χ2n) is 6.01. The van der Waals surface area contributed by atoms with Gasteiger partial charge in [0.25, 0.3) is 11.8 Å². The van der Waals surface area contributed by atoms with E-state index in [1.807, 2.05) is 0 Å². The summed E-state index contributed by atoms with van der Waals surface area (Å²) in [5.41, 5.74) is 1.12. The van der Waals surface area contributed by atoms with E-state index in [-0.39, 0.29) is 17.5 Å². The average molecular weight is 367 g/mol. The maximum Gasteiger partial charge on any atom is 0.329 e. The van der Waals surface area contributed by atoms with Crippen molar-refractivity contribution in [2.45, 2.75) is 19.4 Å². The number of hydrogen-bond donors (Lipinski definition) is 0. The zero-order chi connectivity index (χ0) is 19.6. The third kappa shape index (κ3) is 3.57. The van der Waals surface area contributed by atoms with Crippen LogP contribution in [0.3, 0.4) is 0 Å². The number of ether oxygens (including phenoxy) is 2. The van der Waals surface area contributed by atoms with E-state index in [2.05, 4.69) is 0 Å². The van der Waals surface area contributed by atoms with Crippen LogP contribution in [0.1, 0.15) is 33.2 Å². The molecular formula is C20H17NO6. The molecule has 0 fully saturated rings. The minimum atomic E-state index is -1.13. The zero-order valence-electron chi connectivity index (χ0n) is 14.8. The first kappa shape index (κ1) is 18.3. The van der Waals surface area contributed by atoms with Crippen LogP contribution < -0.4 is 4.74 Å². The second-order valence-corrected chi connectivity index (χ2v) is 6.01. The number of fused-ring (bicyclic) bond motifs is 1. The molecule has 3 rings (SSSR count). The van der Waals surface area contributed by atoms with Crippen LogP contribution in [0.15, 0.2) is 48.5 Å². The van der Waals surface area contributed by atoms with E-state index in [4.69, 9.17) is 9.47 Å². The molecule has 1 aliphatic heterocycles. The van der Waals surface area contributed by atoms with Gasteiger partial charge in [-0.2, -0.15) is 0 Å². The van der Waals surface area contributed by atoms with Gasteiger partial charge in [-0.3, -0.25) is 19.3 Å². The van der Waals surface area contributed by atoms with Crippen molar-refractivity contribution in [1.82, 2.24) is 4.90 Å². The van der Waals surface area contributed by atoms with Crippen molar-refractivity contribution in [2.75, 3.05) is 7.11 Å². The molecule has 0 aliphatic carbocycles. The summed E-state index contributed by atoms with van der Waals surface area (Å²) in [5, 5.41) is 0. The molecule has 0 radical (unpaired) electrons. The van der Waals surface area contributed by atoms with Gasteiger partial charge in [-0.1, -0.05) is 24.3 Å². The normalized spacial score (nSPS) is 13.9. The first-order chi connectivity index (χ1) is 12.9. The Morgan fingerprint density at radius 3 is 2.19 bits per heavy atom. The van der Waals surface area contributed by atoms with E-state index >= 15 is 0 Å². The predicted molar refractivity (Wildman–Crippen MR) is 94.2 cm³/mol. The Kier molecular flexibility index (Phi) is 5.03. The van der Waals surface area contributed by atoms with Gasteiger partial charge in [0.05, 0.1) is 18.2 Å². The van der Waals surface area contributed by atoms with Gasteiger partial charge < -0.3 is 9.47 Å². The van der Waals surface area contributed by atoms with Crippen LogP contribution in [-0.4, -0.2) is 41.8 Å². The molecule has 0 saturated heterocycles. The first-order valence-corrected chi connectivity index (χ1v) is 8.24. The lowest BCUT2D eigenvalue weighted by molar-refractivity contribution is -0.145. The number of nitrogens with zero attached hydrogens (tertiary/aromatic N) is 1. The smallest absolute Gasteiger partial charge is 0.329 e. The molecule has 7 nitrogen and oxygen atoms in total. The van der Waals surface area contributed by atoms with E-state index in [1.54, 1.807) is 48.5 Å². The van der Waals surface area contributed by atoms with Gasteiger partial charge in [-0.05, 0) is 29.8 Å². The van der Waals surface area contributed by atoms with Gasteiger partial charge in [0.15, 0.2) is 0 Å². The highest BCUT2D eigenvalue weighted by molar-refractivity contribution is 6.22. The van der Waals surface area contributed by atoms with Crippen LogP contribution in [0.25, 0.3) is 0 Å². The highest BCUT2D eigenvalue weighted by Crippen LogP contribution is 2.27. The summed E-state index contributed by atoms with van der Waals surface area (Å²) < 4.78 is 9.86. The monoisotopic (exact) mass is 367 g/mol. The topological polar surface area (TPSA) is 90.0 Å². The van der Waals surface area contributed by atoms with E-state index in [0.717, 1.165) is 4.90 Å². The molecule has 7 heteroatoms. The van der Waals surface area contributed by atoms with Crippen LogP contribution in [0, 0.1) is 0 Å². The van der Waals surface area contributed by atoms with E-state index < -0.39 is 29.8 Å². The summed E-state index contributed by atoms with van der Waals surface area (Å²) in [7, 11) is 1.20. The Morgan fingerprint density at radius 2 is 1.63 bits per heavy atom. The standard InChI is InChI=1S/C20H17NO6/c1-12(22)27-14-7-5-6-13(10-14)11-17(20(25)26-2)21-18(23)15-8-3-4-9-16(15)19(21)24/h3-10,17H,11H2,1-2H3/t17-/m1/s1. The lowest BCUT2D eigenvalue weighted by Gasteiger charge is -2.24. The van der Waals surface area contributed by atoms with Gasteiger partial charge in [0, 0.05) is 13.3 Å². The zero-order valence-corrected chi connectivity index (χ0v) is 14.8. The second kappa shape index (κ2) is 7.41. The lowest BCUT2D eigenvalue weighted by Crippen LogP contribution is -2.46. The van der Waals surface area contributed by atoms with Crippen molar-refractivity contribution in [2.24, 2.45) is 0 Å². The van der Waals surface area contributed by atoms with Crippen LogP contribution >= 0.6 is 0 Å². The number of methoxy groups -OCH3 is 1. The molecule has 1 aliphatic rings. The van der Waals surface area contributed by atoms with Crippen molar-refractivity contribution in [1.29, 1.82) is 0 Å². The SMILES string of the molecule is COC(=O)[C@@H](Cc1cccc(OC(C)=O)c1)N1C(=O)c2ccccc2C1=O. The van der Waals surface area contributed by atoms with E-state index in [1.165, 1.54) is 14.0 Å². The average Bonchev–Trinajstić information content (AvgIpc) is 2.90. The highest BCUT2D eigenvalue weighted by Gasteiger charge is 2.43. The van der Waals surface area contributed by atoms with Crippen molar-refractivity contribution in [3.8, 4) is 5.75 Å². The lowest BCUT2D eigenvalue weighted by atomic mass is 10.0. The fourth-order valence-corrected chi connectivity index (χ4v) is 3.03. The van der Waals surface area contributed by atoms with Crippen LogP contribution in [0.4, 0.5) is 0 Å². The molecule has 2 amide bonds. The Balaban J connectivity index is 1.92. The van der Waals surface area contributed by atoms with E-state index in [0.29, 0.717) is 11.3 Å². The van der Waals surface area contributed by atoms with Gasteiger partial charge >= 0.3 is 11.9 Å². The third-order valence-corrected chi connectivity index (χ3v) is 4.20. The Morgan fingerprint density at radius 1 is 1.00 bits per heavy atom. The maximum absolute atomic E-state index is 12.7. The van der Waals surface area contributed by atoms with Crippen molar-refractivity contribution < 1.29 is 28.7 Å². The summed E-state index contributed by atoms with van der Waals surface area (Å²) in [6.45, 7) is 1.28. The molecular weight excluding hydrogens is 350 g/mol. The largest absolute Gasteiger partial charge is 0.467 e. The number of benzene rings is 2. The number of carbonyl (C=O) groups excluding carboxylic acids is 4. The molecule has 27 heavy (non-hydrogen) atoms. The van der Waals surface area contributed by atoms with Crippen molar-refractivity contribution >= 4 is 23.8 Å². The van der Waals surface area contributed by atoms with Gasteiger partial charge in [-0.15, -0.1) is 0 Å². The number of amides is 2. The molecule has 0 unspecified atom stereocenters. The minimum Gasteiger partial charge on any atom is -0.467 e. The molecule has 1 atom stereocenters. The first-order valence-electron chi connectivity index (χ1n) is 8.24. The number of imide groups is 1. The number of hydrogen-bond acceptors (Lipinski definition) is 6. The van der Waals surface area contributed by atoms with Crippen LogP contribution in [-0.2, 0) is 20.7 Å². The Hall–Kier alpha value is -3.48. The molecule has 138 valence electrons. The molecule has 0 saturated carbocycles. The van der Waals surface area contributed by atoms with Crippen LogP contribution in [0.2, 0.25) is 0 Å².